The molecule has 0 bridgehead atoms. The molecule has 0 aliphatic heterocycles. The minimum Gasteiger partial charge on any atom is -0.481 e. The van der Waals surface area contributed by atoms with Gasteiger partial charge in [-0.25, -0.2) is 13.8 Å². The van der Waals surface area contributed by atoms with E-state index in [2.05, 4.69) is 4.98 Å². The first-order valence-corrected chi connectivity index (χ1v) is 4.39. The number of halogens is 6. The van der Waals surface area contributed by atoms with Crippen LogP contribution in [-0.2, 0) is 17.4 Å². The summed E-state index contributed by atoms with van der Waals surface area (Å²) in [5.41, 5.74) is -4.12. The second kappa shape index (κ2) is 4.83. The van der Waals surface area contributed by atoms with Crippen LogP contribution >= 0.6 is 0 Å². The van der Waals surface area contributed by atoms with Gasteiger partial charge in [-0.3, -0.25) is 4.79 Å². The number of rotatable bonds is 3. The largest absolute Gasteiger partial charge is 0.481 e. The van der Waals surface area contributed by atoms with Crippen molar-refractivity contribution in [1.29, 1.82) is 0 Å². The summed E-state index contributed by atoms with van der Waals surface area (Å²) in [4.78, 5) is 13.0. The molecule has 0 amide bonds. The van der Waals surface area contributed by atoms with Gasteiger partial charge in [-0.2, -0.15) is 17.6 Å². The molecule has 1 aromatic rings. The van der Waals surface area contributed by atoms with Gasteiger partial charge in [0.15, 0.2) is 0 Å². The van der Waals surface area contributed by atoms with Crippen molar-refractivity contribution in [2.45, 2.75) is 19.0 Å². The van der Waals surface area contributed by atoms with E-state index in [9.17, 15) is 31.1 Å². The molecule has 1 heterocycles. The van der Waals surface area contributed by atoms with Crippen LogP contribution < -0.4 is 0 Å². The number of pyridine rings is 1. The summed E-state index contributed by atoms with van der Waals surface area (Å²) in [6.07, 6.45) is -9.65. The number of aromatic nitrogens is 1. The van der Waals surface area contributed by atoms with Crippen molar-refractivity contribution in [2.24, 2.45) is 0 Å². The average molecular weight is 273 g/mol. The molecule has 0 aliphatic carbocycles. The van der Waals surface area contributed by atoms with Crippen molar-refractivity contribution in [2.75, 3.05) is 0 Å². The second-order valence-corrected chi connectivity index (χ2v) is 3.23. The Morgan fingerprint density at radius 3 is 2.33 bits per heavy atom. The molecule has 1 N–H and O–H groups in total. The molecular formula is C9H5F6NO2. The van der Waals surface area contributed by atoms with E-state index >= 15 is 0 Å². The van der Waals surface area contributed by atoms with Gasteiger partial charge in [0.2, 0.25) is 5.95 Å². The van der Waals surface area contributed by atoms with E-state index in [1.807, 2.05) is 0 Å². The summed E-state index contributed by atoms with van der Waals surface area (Å²) in [5.74, 6) is -3.63. The van der Waals surface area contributed by atoms with Crippen LogP contribution in [0.15, 0.2) is 6.07 Å². The minimum absolute atomic E-state index is 0.120. The number of nitrogens with zero attached hydrogens (tertiary/aromatic N) is 1. The summed E-state index contributed by atoms with van der Waals surface area (Å²) in [6, 6.07) is -0.120. The number of alkyl halides is 5. The lowest BCUT2D eigenvalue weighted by molar-refractivity contribution is -0.140. The Hall–Kier alpha value is -1.80. The Bertz CT molecular complexity index is 471. The van der Waals surface area contributed by atoms with Crippen LogP contribution in [0.3, 0.4) is 0 Å². The number of aliphatic carboxylic acids is 1. The summed E-state index contributed by atoms with van der Waals surface area (Å²) >= 11 is 0. The van der Waals surface area contributed by atoms with Crippen LogP contribution in [0.1, 0.15) is 23.2 Å². The first-order valence-electron chi connectivity index (χ1n) is 4.39. The molecule has 9 heteroatoms. The van der Waals surface area contributed by atoms with Gasteiger partial charge in [0.1, 0.15) is 5.56 Å². The third-order valence-corrected chi connectivity index (χ3v) is 1.95. The van der Waals surface area contributed by atoms with Crippen molar-refractivity contribution >= 4 is 5.97 Å². The van der Waals surface area contributed by atoms with Crippen molar-refractivity contribution in [3.8, 4) is 0 Å². The molecule has 0 saturated carbocycles. The number of hydrogen-bond acceptors (Lipinski definition) is 2. The highest BCUT2D eigenvalue weighted by atomic mass is 19.4. The van der Waals surface area contributed by atoms with E-state index in [1.165, 1.54) is 0 Å². The summed E-state index contributed by atoms with van der Waals surface area (Å²) in [7, 11) is 0. The fourth-order valence-corrected chi connectivity index (χ4v) is 1.21. The molecule has 0 aliphatic rings. The number of carboxylic acids is 1. The molecule has 3 nitrogen and oxygen atoms in total. The molecule has 1 aromatic heterocycles. The van der Waals surface area contributed by atoms with Gasteiger partial charge < -0.3 is 5.11 Å². The molecule has 100 valence electrons. The van der Waals surface area contributed by atoms with Crippen LogP contribution in [0.5, 0.6) is 0 Å². The summed E-state index contributed by atoms with van der Waals surface area (Å²) in [5, 5.41) is 8.36. The molecule has 0 radical (unpaired) electrons. The monoisotopic (exact) mass is 273 g/mol. The Morgan fingerprint density at radius 1 is 1.39 bits per heavy atom. The number of carboxylic acid groups (broad SMARTS) is 1. The van der Waals surface area contributed by atoms with Crippen LogP contribution in [0, 0.1) is 5.95 Å². The fraction of sp³-hybridized carbons (Fsp3) is 0.333. The Labute approximate surface area is 96.1 Å². The summed E-state index contributed by atoms with van der Waals surface area (Å²) < 4.78 is 74.6. The SMILES string of the molecule is O=C(O)Cc1nc(F)c(C(F)(F)F)cc1C(F)F. The normalized spacial score (nSPS) is 11.9. The lowest BCUT2D eigenvalue weighted by Crippen LogP contribution is -2.15. The summed E-state index contributed by atoms with van der Waals surface area (Å²) in [6.45, 7) is 0. The van der Waals surface area contributed by atoms with Crippen molar-refractivity contribution in [3.05, 3.63) is 28.8 Å². The first kappa shape index (κ1) is 14.3. The lowest BCUT2D eigenvalue weighted by Gasteiger charge is -2.12. The Balaban J connectivity index is 3.39. The lowest BCUT2D eigenvalue weighted by atomic mass is 10.1. The van der Waals surface area contributed by atoms with Gasteiger partial charge in [-0.15, -0.1) is 0 Å². The molecule has 18 heavy (non-hydrogen) atoms. The van der Waals surface area contributed by atoms with E-state index in [0.29, 0.717) is 0 Å². The topological polar surface area (TPSA) is 50.2 Å². The van der Waals surface area contributed by atoms with Crippen LogP contribution in [0.4, 0.5) is 26.3 Å². The minimum atomic E-state index is -5.18. The molecule has 0 unspecified atom stereocenters. The number of hydrogen-bond donors (Lipinski definition) is 1. The van der Waals surface area contributed by atoms with E-state index in [0.717, 1.165) is 0 Å². The molecule has 0 atom stereocenters. The standard InChI is InChI=1S/C9H5F6NO2/c10-7(11)3-1-4(9(13,14)15)8(12)16-5(3)2-6(17)18/h1,7H,2H2,(H,17,18). The van der Waals surface area contributed by atoms with E-state index in [-0.39, 0.29) is 6.07 Å². The average Bonchev–Trinajstić information content (AvgIpc) is 2.13. The molecule has 1 rings (SSSR count). The maximum Gasteiger partial charge on any atom is 0.420 e. The second-order valence-electron chi connectivity index (χ2n) is 3.23. The van der Waals surface area contributed by atoms with Gasteiger partial charge in [-0.05, 0) is 6.07 Å². The molecular weight excluding hydrogens is 268 g/mol. The highest BCUT2D eigenvalue weighted by Gasteiger charge is 2.37. The van der Waals surface area contributed by atoms with Gasteiger partial charge >= 0.3 is 12.1 Å². The van der Waals surface area contributed by atoms with Crippen molar-refractivity contribution < 1.29 is 36.2 Å². The van der Waals surface area contributed by atoms with Gasteiger partial charge in [0.05, 0.1) is 12.1 Å². The molecule has 0 spiro atoms. The van der Waals surface area contributed by atoms with Gasteiger partial charge in [0.25, 0.3) is 6.43 Å². The predicted octanol–water partition coefficient (Wildman–Crippen LogP) is 2.80. The van der Waals surface area contributed by atoms with E-state index < -0.39 is 47.8 Å². The molecule has 0 saturated heterocycles. The quantitative estimate of drug-likeness (QED) is 0.680. The zero-order chi connectivity index (χ0) is 14.1. The molecule has 0 aromatic carbocycles. The Kier molecular flexibility index (Phi) is 3.82. The van der Waals surface area contributed by atoms with Crippen LogP contribution in [0.25, 0.3) is 0 Å². The third-order valence-electron chi connectivity index (χ3n) is 1.95. The maximum absolute atomic E-state index is 13.0. The zero-order valence-electron chi connectivity index (χ0n) is 8.43. The highest BCUT2D eigenvalue weighted by Crippen LogP contribution is 2.34. The van der Waals surface area contributed by atoms with E-state index in [1.54, 1.807) is 0 Å². The van der Waals surface area contributed by atoms with E-state index in [4.69, 9.17) is 5.11 Å². The smallest absolute Gasteiger partial charge is 0.420 e. The van der Waals surface area contributed by atoms with Crippen molar-refractivity contribution in [3.63, 3.8) is 0 Å². The highest BCUT2D eigenvalue weighted by molar-refractivity contribution is 5.70. The van der Waals surface area contributed by atoms with Gasteiger partial charge in [-0.1, -0.05) is 0 Å². The maximum atomic E-state index is 13.0. The first-order chi connectivity index (χ1) is 8.12. The third kappa shape index (κ3) is 3.11. The number of carbonyl (C=O) groups is 1. The van der Waals surface area contributed by atoms with Crippen LogP contribution in [0.2, 0.25) is 0 Å². The van der Waals surface area contributed by atoms with Gasteiger partial charge in [0, 0.05) is 5.56 Å². The van der Waals surface area contributed by atoms with Crippen LogP contribution in [-0.4, -0.2) is 16.1 Å². The fourth-order valence-electron chi connectivity index (χ4n) is 1.21. The molecule has 0 fully saturated rings. The Morgan fingerprint density at radius 2 is 1.94 bits per heavy atom. The predicted molar refractivity (Wildman–Crippen MR) is 45.5 cm³/mol. The zero-order valence-corrected chi connectivity index (χ0v) is 8.43. The van der Waals surface area contributed by atoms with Crippen molar-refractivity contribution in [1.82, 2.24) is 4.98 Å².